The summed E-state index contributed by atoms with van der Waals surface area (Å²) in [7, 11) is 6.98. The molecule has 0 bridgehead atoms. The van der Waals surface area contributed by atoms with Gasteiger partial charge in [-0.1, -0.05) is 24.3 Å². The van der Waals surface area contributed by atoms with Crippen LogP contribution in [0.2, 0.25) is 0 Å². The van der Waals surface area contributed by atoms with E-state index in [2.05, 4.69) is 0 Å². The highest BCUT2D eigenvalue weighted by molar-refractivity contribution is 5.99. The van der Waals surface area contributed by atoms with Gasteiger partial charge in [0.25, 0.3) is 5.91 Å². The zero-order valence-corrected chi connectivity index (χ0v) is 17.5. The maximum absolute atomic E-state index is 13.5. The number of carbonyl (C=O) groups excluding carboxylic acids is 1. The van der Waals surface area contributed by atoms with Crippen molar-refractivity contribution in [3.63, 3.8) is 0 Å². The molecule has 0 spiro atoms. The number of amides is 1. The smallest absolute Gasteiger partial charge is 0.290 e. The minimum absolute atomic E-state index is 0.0901. The molecule has 0 fully saturated rings. The van der Waals surface area contributed by atoms with Crippen LogP contribution in [-0.4, -0.2) is 57.1 Å². The molecule has 7 nitrogen and oxygen atoms in total. The van der Waals surface area contributed by atoms with Gasteiger partial charge in [0.05, 0.1) is 31.2 Å². The fraction of sp³-hybridized carbons (Fsp3) is 0.304. The Morgan fingerprint density at radius 3 is 2.50 bits per heavy atom. The van der Waals surface area contributed by atoms with Gasteiger partial charge in [-0.2, -0.15) is 0 Å². The van der Waals surface area contributed by atoms with Crippen molar-refractivity contribution in [2.45, 2.75) is 6.04 Å². The topological polar surface area (TPSA) is 72.2 Å². The van der Waals surface area contributed by atoms with E-state index in [1.54, 1.807) is 49.5 Å². The lowest BCUT2D eigenvalue weighted by Crippen LogP contribution is -2.35. The first-order valence-corrected chi connectivity index (χ1v) is 9.70. The largest absolute Gasteiger partial charge is 0.493 e. The second kappa shape index (κ2) is 7.84. The van der Waals surface area contributed by atoms with Crippen molar-refractivity contribution < 1.29 is 18.7 Å². The molecule has 1 atom stereocenters. The van der Waals surface area contributed by atoms with Gasteiger partial charge >= 0.3 is 0 Å². The Morgan fingerprint density at radius 1 is 1.03 bits per heavy atom. The van der Waals surface area contributed by atoms with E-state index in [0.29, 0.717) is 46.7 Å². The zero-order chi connectivity index (χ0) is 21.4. The molecule has 1 aliphatic heterocycles. The summed E-state index contributed by atoms with van der Waals surface area (Å²) in [6, 6.07) is 11.8. The molecule has 2 aromatic carbocycles. The van der Waals surface area contributed by atoms with Crippen molar-refractivity contribution in [3.05, 3.63) is 69.6 Å². The molecular formula is C23H24N2O5. The van der Waals surface area contributed by atoms with Crippen LogP contribution in [0.5, 0.6) is 11.5 Å². The van der Waals surface area contributed by atoms with Gasteiger partial charge in [0.2, 0.25) is 5.76 Å². The molecule has 1 unspecified atom stereocenters. The van der Waals surface area contributed by atoms with Crippen LogP contribution in [0.25, 0.3) is 11.0 Å². The third-order valence-corrected chi connectivity index (χ3v) is 5.39. The number of carbonyl (C=O) groups is 1. The molecule has 156 valence electrons. The summed E-state index contributed by atoms with van der Waals surface area (Å²) < 4.78 is 17.0. The quantitative estimate of drug-likeness (QED) is 0.625. The normalized spacial score (nSPS) is 15.7. The first-order chi connectivity index (χ1) is 14.5. The van der Waals surface area contributed by atoms with Gasteiger partial charge in [-0.05, 0) is 32.3 Å². The second-order valence-corrected chi connectivity index (χ2v) is 7.46. The maximum atomic E-state index is 13.5. The number of rotatable bonds is 6. The molecule has 0 radical (unpaired) electrons. The van der Waals surface area contributed by atoms with Crippen molar-refractivity contribution >= 4 is 16.9 Å². The Balaban J connectivity index is 1.99. The van der Waals surface area contributed by atoms with E-state index in [1.165, 1.54) is 0 Å². The summed E-state index contributed by atoms with van der Waals surface area (Å²) in [5, 5.41) is 0.449. The second-order valence-electron chi connectivity index (χ2n) is 7.46. The van der Waals surface area contributed by atoms with Crippen LogP contribution in [-0.2, 0) is 0 Å². The van der Waals surface area contributed by atoms with Gasteiger partial charge in [0, 0.05) is 18.7 Å². The van der Waals surface area contributed by atoms with Crippen LogP contribution in [0, 0.1) is 0 Å². The van der Waals surface area contributed by atoms with Crippen molar-refractivity contribution in [2.75, 3.05) is 41.4 Å². The minimum atomic E-state index is -0.627. The Hall–Kier alpha value is -3.32. The molecule has 0 N–H and O–H groups in total. The number of benzene rings is 2. The van der Waals surface area contributed by atoms with Crippen LogP contribution < -0.4 is 14.9 Å². The number of ether oxygens (including phenoxy) is 2. The number of para-hydroxylation sites is 2. The highest BCUT2D eigenvalue weighted by Crippen LogP contribution is 2.44. The number of methoxy groups -OCH3 is 2. The first-order valence-electron chi connectivity index (χ1n) is 9.70. The van der Waals surface area contributed by atoms with Crippen LogP contribution in [0.3, 0.4) is 0 Å². The summed E-state index contributed by atoms with van der Waals surface area (Å²) in [5.74, 6) is 0.818. The van der Waals surface area contributed by atoms with E-state index in [4.69, 9.17) is 13.9 Å². The van der Waals surface area contributed by atoms with Crippen molar-refractivity contribution in [2.24, 2.45) is 0 Å². The SMILES string of the molecule is COc1cccc(C2c3c(oc4ccccc4c3=O)C(=O)N2CCN(C)C)c1OC. The lowest BCUT2D eigenvalue weighted by Gasteiger charge is -2.28. The van der Waals surface area contributed by atoms with Gasteiger partial charge in [0.15, 0.2) is 16.9 Å². The summed E-state index contributed by atoms with van der Waals surface area (Å²) in [5.41, 5.74) is 1.22. The molecule has 7 heteroatoms. The summed E-state index contributed by atoms with van der Waals surface area (Å²) in [6.07, 6.45) is 0. The van der Waals surface area contributed by atoms with E-state index >= 15 is 0 Å². The highest BCUT2D eigenvalue weighted by Gasteiger charge is 2.44. The number of hydrogen-bond donors (Lipinski definition) is 0. The molecule has 0 aliphatic carbocycles. The van der Waals surface area contributed by atoms with Gasteiger partial charge in [-0.25, -0.2) is 0 Å². The van der Waals surface area contributed by atoms with E-state index in [-0.39, 0.29) is 17.1 Å². The van der Waals surface area contributed by atoms with Crippen LogP contribution in [0.15, 0.2) is 51.7 Å². The standard InChI is InChI=1S/C23H24N2O5/c1-24(2)12-13-25-19(15-9-7-11-17(28-3)21(15)29-4)18-20(26)14-8-5-6-10-16(14)30-22(18)23(25)27/h5-11,19H,12-13H2,1-4H3. The number of fused-ring (bicyclic) bond motifs is 2. The molecule has 1 aliphatic rings. The molecular weight excluding hydrogens is 384 g/mol. The third-order valence-electron chi connectivity index (χ3n) is 5.39. The fourth-order valence-electron chi connectivity index (χ4n) is 3.96. The van der Waals surface area contributed by atoms with Crippen LogP contribution >= 0.6 is 0 Å². The predicted octanol–water partition coefficient (Wildman–Crippen LogP) is 2.92. The van der Waals surface area contributed by atoms with Crippen LogP contribution in [0.1, 0.15) is 27.7 Å². The van der Waals surface area contributed by atoms with Gasteiger partial charge in [-0.3, -0.25) is 9.59 Å². The molecule has 1 amide bonds. The predicted molar refractivity (Wildman–Crippen MR) is 113 cm³/mol. The van der Waals surface area contributed by atoms with Gasteiger partial charge < -0.3 is 23.7 Å². The Morgan fingerprint density at radius 2 is 1.80 bits per heavy atom. The number of hydrogen-bond acceptors (Lipinski definition) is 6. The molecule has 30 heavy (non-hydrogen) atoms. The first kappa shape index (κ1) is 20.0. The van der Waals surface area contributed by atoms with Crippen molar-refractivity contribution in [1.82, 2.24) is 9.80 Å². The number of nitrogens with zero attached hydrogens (tertiary/aromatic N) is 2. The van der Waals surface area contributed by atoms with E-state index < -0.39 is 6.04 Å². The van der Waals surface area contributed by atoms with Crippen LogP contribution in [0.4, 0.5) is 0 Å². The lowest BCUT2D eigenvalue weighted by atomic mass is 9.97. The molecule has 3 aromatic rings. The maximum Gasteiger partial charge on any atom is 0.290 e. The molecule has 0 saturated heterocycles. The van der Waals surface area contributed by atoms with E-state index in [0.717, 1.165) is 0 Å². The fourth-order valence-corrected chi connectivity index (χ4v) is 3.96. The Bertz CT molecular complexity index is 1170. The average molecular weight is 408 g/mol. The van der Waals surface area contributed by atoms with Gasteiger partial charge in [0.1, 0.15) is 5.58 Å². The minimum Gasteiger partial charge on any atom is -0.493 e. The highest BCUT2D eigenvalue weighted by atomic mass is 16.5. The van der Waals surface area contributed by atoms with E-state index in [1.807, 2.05) is 31.1 Å². The van der Waals surface area contributed by atoms with Gasteiger partial charge in [-0.15, -0.1) is 0 Å². The third kappa shape index (κ3) is 3.11. The Labute approximate surface area is 174 Å². The Kier molecular flexibility index (Phi) is 5.22. The number of likely N-dealkylation sites (N-methyl/N-ethyl adjacent to an activating group) is 1. The molecule has 1 aromatic heterocycles. The summed E-state index contributed by atoms with van der Waals surface area (Å²) in [6.45, 7) is 1.06. The molecule has 4 rings (SSSR count). The summed E-state index contributed by atoms with van der Waals surface area (Å²) in [4.78, 5) is 30.5. The van der Waals surface area contributed by atoms with Crippen molar-refractivity contribution in [3.8, 4) is 11.5 Å². The monoisotopic (exact) mass is 408 g/mol. The van der Waals surface area contributed by atoms with Crippen molar-refractivity contribution in [1.29, 1.82) is 0 Å². The molecule has 2 heterocycles. The zero-order valence-electron chi connectivity index (χ0n) is 17.5. The molecule has 0 saturated carbocycles. The van der Waals surface area contributed by atoms with E-state index in [9.17, 15) is 9.59 Å². The average Bonchev–Trinajstić information content (AvgIpc) is 3.03. The summed E-state index contributed by atoms with van der Waals surface area (Å²) >= 11 is 0. The lowest BCUT2D eigenvalue weighted by molar-refractivity contribution is 0.0715.